The molecule has 15 heavy (non-hydrogen) atoms. The molecule has 2 saturated heterocycles. The summed E-state index contributed by atoms with van der Waals surface area (Å²) in [5.41, 5.74) is 0. The fourth-order valence-corrected chi connectivity index (χ4v) is 2.89. The second-order valence-corrected chi connectivity index (χ2v) is 5.46. The van der Waals surface area contributed by atoms with Gasteiger partial charge >= 0.3 is 0 Å². The van der Waals surface area contributed by atoms with E-state index < -0.39 is 0 Å². The summed E-state index contributed by atoms with van der Waals surface area (Å²) in [5, 5.41) is 3.59. The lowest BCUT2D eigenvalue weighted by molar-refractivity contribution is 0.267. The van der Waals surface area contributed by atoms with Crippen LogP contribution in [0.4, 0.5) is 0 Å². The Labute approximate surface area is 94.4 Å². The monoisotopic (exact) mass is 210 g/mol. The average Bonchev–Trinajstić information content (AvgIpc) is 2.66. The summed E-state index contributed by atoms with van der Waals surface area (Å²) < 4.78 is 0. The molecule has 88 valence electrons. The fourth-order valence-electron chi connectivity index (χ4n) is 2.89. The smallest absolute Gasteiger partial charge is 0.00797 e. The number of hydrogen-bond donors (Lipinski definition) is 1. The van der Waals surface area contributed by atoms with Crippen molar-refractivity contribution in [3.63, 3.8) is 0 Å². The molecule has 2 heteroatoms. The van der Waals surface area contributed by atoms with E-state index in [0.717, 1.165) is 12.0 Å². The van der Waals surface area contributed by atoms with Crippen LogP contribution in [0.2, 0.25) is 0 Å². The molecule has 0 amide bonds. The minimum absolute atomic E-state index is 0.825. The lowest BCUT2D eigenvalue weighted by Crippen LogP contribution is -2.31. The van der Waals surface area contributed by atoms with Crippen LogP contribution < -0.4 is 5.32 Å². The van der Waals surface area contributed by atoms with E-state index in [9.17, 15) is 0 Å². The van der Waals surface area contributed by atoms with Gasteiger partial charge in [-0.25, -0.2) is 0 Å². The third-order valence-electron chi connectivity index (χ3n) is 4.07. The van der Waals surface area contributed by atoms with Crippen LogP contribution in [-0.2, 0) is 0 Å². The van der Waals surface area contributed by atoms with E-state index in [2.05, 4.69) is 17.1 Å². The summed E-state index contributed by atoms with van der Waals surface area (Å²) in [5.74, 6) is 0.958. The minimum Gasteiger partial charge on any atom is -0.314 e. The molecule has 0 aromatic rings. The first kappa shape index (κ1) is 11.4. The van der Waals surface area contributed by atoms with Gasteiger partial charge in [-0.1, -0.05) is 6.92 Å². The largest absolute Gasteiger partial charge is 0.314 e. The van der Waals surface area contributed by atoms with Crippen molar-refractivity contribution in [1.82, 2.24) is 10.2 Å². The van der Waals surface area contributed by atoms with Crippen LogP contribution in [0.25, 0.3) is 0 Å². The predicted octanol–water partition coefficient (Wildman–Crippen LogP) is 2.25. The zero-order valence-electron chi connectivity index (χ0n) is 10.2. The van der Waals surface area contributed by atoms with Gasteiger partial charge in [0.25, 0.3) is 0 Å². The van der Waals surface area contributed by atoms with Crippen molar-refractivity contribution in [2.45, 2.75) is 51.5 Å². The predicted molar refractivity (Wildman–Crippen MR) is 65.1 cm³/mol. The summed E-state index contributed by atoms with van der Waals surface area (Å²) in [6, 6.07) is 0.825. The third kappa shape index (κ3) is 3.76. The van der Waals surface area contributed by atoms with Crippen molar-refractivity contribution in [2.24, 2.45) is 5.92 Å². The van der Waals surface area contributed by atoms with E-state index in [1.807, 2.05) is 0 Å². The zero-order chi connectivity index (χ0) is 10.5. The Kier molecular flexibility index (Phi) is 4.45. The Morgan fingerprint density at radius 3 is 2.87 bits per heavy atom. The van der Waals surface area contributed by atoms with Gasteiger partial charge in [0.05, 0.1) is 0 Å². The lowest BCUT2D eigenvalue weighted by atomic mass is 10.0. The standard InChI is InChI=1S/C13H26N2/c1-12-4-3-9-15(10-6-12)11-7-13-5-2-8-14-13/h12-14H,2-11H2,1H3. The number of nitrogens with zero attached hydrogens (tertiary/aromatic N) is 1. The number of likely N-dealkylation sites (tertiary alicyclic amines) is 1. The van der Waals surface area contributed by atoms with Crippen molar-refractivity contribution in [3.05, 3.63) is 0 Å². The Hall–Kier alpha value is -0.0800. The van der Waals surface area contributed by atoms with E-state index in [1.54, 1.807) is 0 Å². The molecule has 0 aromatic carbocycles. The highest BCUT2D eigenvalue weighted by Crippen LogP contribution is 2.17. The van der Waals surface area contributed by atoms with E-state index in [-0.39, 0.29) is 0 Å². The van der Waals surface area contributed by atoms with Gasteiger partial charge in [0.2, 0.25) is 0 Å². The lowest BCUT2D eigenvalue weighted by Gasteiger charge is -2.21. The molecule has 0 bridgehead atoms. The molecule has 2 unspecified atom stereocenters. The Morgan fingerprint density at radius 2 is 2.07 bits per heavy atom. The minimum atomic E-state index is 0.825. The van der Waals surface area contributed by atoms with Crippen molar-refractivity contribution in [3.8, 4) is 0 Å². The summed E-state index contributed by atoms with van der Waals surface area (Å²) >= 11 is 0. The first-order chi connectivity index (χ1) is 7.34. The Balaban J connectivity index is 1.64. The maximum Gasteiger partial charge on any atom is 0.00797 e. The molecule has 0 radical (unpaired) electrons. The summed E-state index contributed by atoms with van der Waals surface area (Å²) in [6.45, 7) is 7.67. The molecule has 2 rings (SSSR count). The number of nitrogens with one attached hydrogen (secondary N) is 1. The Bertz CT molecular complexity index is 175. The first-order valence-electron chi connectivity index (χ1n) is 6.80. The van der Waals surface area contributed by atoms with Gasteiger partial charge in [0.1, 0.15) is 0 Å². The SMILES string of the molecule is CC1CCCN(CCC2CCCN2)CC1. The van der Waals surface area contributed by atoms with Gasteiger partial charge in [0, 0.05) is 6.04 Å². The average molecular weight is 210 g/mol. The van der Waals surface area contributed by atoms with Gasteiger partial charge in [0.15, 0.2) is 0 Å². The van der Waals surface area contributed by atoms with Crippen molar-refractivity contribution in [1.29, 1.82) is 0 Å². The Morgan fingerprint density at radius 1 is 1.13 bits per heavy atom. The van der Waals surface area contributed by atoms with Crippen molar-refractivity contribution < 1.29 is 0 Å². The first-order valence-corrected chi connectivity index (χ1v) is 6.80. The van der Waals surface area contributed by atoms with Gasteiger partial charge in [-0.05, 0) is 70.6 Å². The molecular weight excluding hydrogens is 184 g/mol. The van der Waals surface area contributed by atoms with Crippen LogP contribution in [-0.4, -0.2) is 37.1 Å². The van der Waals surface area contributed by atoms with Gasteiger partial charge in [-0.2, -0.15) is 0 Å². The molecule has 2 nitrogen and oxygen atoms in total. The molecule has 2 aliphatic heterocycles. The van der Waals surface area contributed by atoms with E-state index >= 15 is 0 Å². The van der Waals surface area contributed by atoms with Crippen molar-refractivity contribution in [2.75, 3.05) is 26.2 Å². The molecule has 0 aliphatic carbocycles. The molecule has 2 heterocycles. The van der Waals surface area contributed by atoms with Gasteiger partial charge in [-0.15, -0.1) is 0 Å². The quantitative estimate of drug-likeness (QED) is 0.768. The molecule has 0 saturated carbocycles. The molecular formula is C13H26N2. The van der Waals surface area contributed by atoms with Crippen LogP contribution in [0, 0.1) is 5.92 Å². The number of rotatable bonds is 3. The molecule has 2 aliphatic rings. The van der Waals surface area contributed by atoms with E-state index in [1.165, 1.54) is 64.7 Å². The molecule has 2 atom stereocenters. The molecule has 2 fully saturated rings. The maximum atomic E-state index is 3.59. The van der Waals surface area contributed by atoms with Crippen LogP contribution in [0.5, 0.6) is 0 Å². The van der Waals surface area contributed by atoms with Gasteiger partial charge < -0.3 is 10.2 Å². The zero-order valence-corrected chi connectivity index (χ0v) is 10.2. The van der Waals surface area contributed by atoms with Crippen LogP contribution in [0.3, 0.4) is 0 Å². The summed E-state index contributed by atoms with van der Waals surface area (Å²) in [4.78, 5) is 2.68. The fraction of sp³-hybridized carbons (Fsp3) is 1.00. The summed E-state index contributed by atoms with van der Waals surface area (Å²) in [6.07, 6.45) is 8.44. The second-order valence-electron chi connectivity index (χ2n) is 5.46. The topological polar surface area (TPSA) is 15.3 Å². The van der Waals surface area contributed by atoms with E-state index in [4.69, 9.17) is 0 Å². The van der Waals surface area contributed by atoms with Crippen LogP contribution in [0.1, 0.15) is 45.4 Å². The van der Waals surface area contributed by atoms with Gasteiger partial charge in [-0.3, -0.25) is 0 Å². The highest BCUT2D eigenvalue weighted by atomic mass is 15.1. The number of hydrogen-bond acceptors (Lipinski definition) is 2. The third-order valence-corrected chi connectivity index (χ3v) is 4.07. The second kappa shape index (κ2) is 5.86. The summed E-state index contributed by atoms with van der Waals surface area (Å²) in [7, 11) is 0. The van der Waals surface area contributed by atoms with Crippen LogP contribution >= 0.6 is 0 Å². The van der Waals surface area contributed by atoms with Crippen LogP contribution in [0.15, 0.2) is 0 Å². The normalized spacial score (nSPS) is 34.2. The maximum absolute atomic E-state index is 3.59. The highest BCUT2D eigenvalue weighted by Gasteiger charge is 2.17. The van der Waals surface area contributed by atoms with E-state index in [0.29, 0.717) is 0 Å². The molecule has 0 spiro atoms. The highest BCUT2D eigenvalue weighted by molar-refractivity contribution is 4.76. The molecule has 0 aromatic heterocycles. The van der Waals surface area contributed by atoms with Crippen molar-refractivity contribution >= 4 is 0 Å². The molecule has 1 N–H and O–H groups in total.